The number of rotatable bonds is 14. The third-order valence-corrected chi connectivity index (χ3v) is 8.29. The van der Waals surface area contributed by atoms with Crippen molar-refractivity contribution >= 4 is 51.8 Å². The lowest BCUT2D eigenvalue weighted by atomic mass is 10.2. The van der Waals surface area contributed by atoms with E-state index in [1.54, 1.807) is 0 Å². The van der Waals surface area contributed by atoms with Crippen molar-refractivity contribution in [2.24, 2.45) is 0 Å². The lowest BCUT2D eigenvalue weighted by Crippen LogP contribution is -2.49. The van der Waals surface area contributed by atoms with Gasteiger partial charge in [0.1, 0.15) is 4.90 Å². The number of aliphatic hydroxyl groups is 1. The Labute approximate surface area is 239 Å². The molecule has 1 aromatic carbocycles. The number of nitro groups is 1. The summed E-state index contributed by atoms with van der Waals surface area (Å²) >= 11 is 0. The number of nitrogens with zero attached hydrogens (tertiary/aromatic N) is 4. The number of benzene rings is 1. The van der Waals surface area contributed by atoms with Crippen molar-refractivity contribution in [2.45, 2.75) is 4.90 Å². The van der Waals surface area contributed by atoms with E-state index in [0.717, 1.165) is 24.6 Å². The molecule has 0 aromatic heterocycles. The van der Waals surface area contributed by atoms with E-state index in [9.17, 15) is 43.8 Å². The zero-order chi connectivity index (χ0) is 31.6. The van der Waals surface area contributed by atoms with Gasteiger partial charge in [0.05, 0.1) is 49.2 Å². The summed E-state index contributed by atoms with van der Waals surface area (Å²) in [5.74, 6) is 0. The van der Waals surface area contributed by atoms with Crippen LogP contribution in [-0.4, -0.2) is 142 Å². The number of piperazine rings is 1. The summed E-state index contributed by atoms with van der Waals surface area (Å²) in [4.78, 5) is 13.5. The van der Waals surface area contributed by atoms with Gasteiger partial charge in [-0.1, -0.05) is 0 Å². The Morgan fingerprint density at radius 2 is 1.37 bits per heavy atom. The summed E-state index contributed by atoms with van der Waals surface area (Å²) in [6.07, 6.45) is 2.39. The lowest BCUT2D eigenvalue weighted by Gasteiger charge is -2.34. The Morgan fingerprint density at radius 1 is 0.902 bits per heavy atom. The number of non-ortho nitro benzene ring substituents is 1. The second-order valence-electron chi connectivity index (χ2n) is 8.65. The number of hydrogen-bond donors (Lipinski definition) is 2. The van der Waals surface area contributed by atoms with Crippen molar-refractivity contribution in [3.63, 3.8) is 0 Å². The molecule has 238 valence electrons. The van der Waals surface area contributed by atoms with Crippen LogP contribution >= 0.6 is 0 Å². The molecule has 0 aliphatic carbocycles. The second-order valence-corrected chi connectivity index (χ2v) is 15.3. The highest BCUT2D eigenvalue weighted by Crippen LogP contribution is 2.32. The Bertz CT molecular complexity index is 1410. The van der Waals surface area contributed by atoms with Crippen LogP contribution in [0.4, 0.5) is 11.4 Å². The van der Waals surface area contributed by atoms with E-state index in [4.69, 9.17) is 18.0 Å². The highest BCUT2D eigenvalue weighted by Gasteiger charge is 2.33. The smallest absolute Gasteiger partial charge is 0.270 e. The highest BCUT2D eigenvalue weighted by atomic mass is 32.2. The molecule has 1 saturated heterocycles. The largest absolute Gasteiger partial charge is 0.395 e. The monoisotopic (exact) mass is 670 g/mol. The van der Waals surface area contributed by atoms with Crippen LogP contribution in [-0.2, 0) is 48.7 Å². The summed E-state index contributed by atoms with van der Waals surface area (Å²) < 4.78 is 109. The Kier molecular flexibility index (Phi) is 13.9. The van der Waals surface area contributed by atoms with Crippen molar-refractivity contribution in [1.29, 1.82) is 0 Å². The minimum atomic E-state index is -4.26. The molecule has 0 unspecified atom stereocenters. The van der Waals surface area contributed by atoms with Crippen molar-refractivity contribution in [2.75, 3.05) is 89.3 Å². The number of nitro benzene ring substituents is 1. The highest BCUT2D eigenvalue weighted by molar-refractivity contribution is 7.89. The van der Waals surface area contributed by atoms with Gasteiger partial charge >= 0.3 is 0 Å². The van der Waals surface area contributed by atoms with Crippen LogP contribution in [0.3, 0.4) is 0 Å². The van der Waals surface area contributed by atoms with Crippen LogP contribution in [0.2, 0.25) is 0 Å². The molecule has 1 heterocycles. The van der Waals surface area contributed by atoms with Gasteiger partial charge in [-0.3, -0.25) is 27.9 Å². The van der Waals surface area contributed by atoms with E-state index >= 15 is 0 Å². The summed E-state index contributed by atoms with van der Waals surface area (Å²) in [5, 5.41) is 20.5. The van der Waals surface area contributed by atoms with Crippen LogP contribution in [0.1, 0.15) is 0 Å². The van der Waals surface area contributed by atoms with Crippen LogP contribution < -0.4 is 4.90 Å². The molecule has 0 amide bonds. The van der Waals surface area contributed by atoms with Crippen molar-refractivity contribution in [3.8, 4) is 0 Å². The molecule has 1 fully saturated rings. The standard InChI is InChI=1S/C18H30N4O11S3.CH4O3S/c1-34(26,27)32-13-10-20(11-14-33-35(2,28)29)17-4-3-16(22(24)25)15-18(17)36(30,31)21-7-5-19(6-8-21)9-12-23;1-5(2,3)4/h3-4,15,23H,5-14H2,1-2H3;1H3,(H,2,3,4). The van der Waals surface area contributed by atoms with Gasteiger partial charge in [-0.25, -0.2) is 8.42 Å². The van der Waals surface area contributed by atoms with E-state index < -0.39 is 69.1 Å². The average molecular weight is 671 g/mol. The molecule has 41 heavy (non-hydrogen) atoms. The number of sulfonamides is 1. The molecule has 22 heteroatoms. The number of β-amino-alcohol motifs (C(OH)–C–C–N with tert-alkyl or cyclic N) is 1. The first-order valence-electron chi connectivity index (χ1n) is 11.6. The van der Waals surface area contributed by atoms with E-state index in [1.165, 1.54) is 15.3 Å². The predicted octanol–water partition coefficient (Wildman–Crippen LogP) is -1.84. The van der Waals surface area contributed by atoms with Gasteiger partial charge in [-0.15, -0.1) is 0 Å². The van der Waals surface area contributed by atoms with Gasteiger partial charge in [-0.2, -0.15) is 29.6 Å². The van der Waals surface area contributed by atoms with Gasteiger partial charge < -0.3 is 10.0 Å². The van der Waals surface area contributed by atoms with Gasteiger partial charge in [-0.05, 0) is 6.07 Å². The molecule has 1 aliphatic heterocycles. The van der Waals surface area contributed by atoms with Crippen LogP contribution in [0.15, 0.2) is 23.1 Å². The lowest BCUT2D eigenvalue weighted by molar-refractivity contribution is -0.385. The maximum atomic E-state index is 13.6. The third-order valence-electron chi connectivity index (χ3n) is 5.18. The first kappa shape index (κ1) is 37.0. The van der Waals surface area contributed by atoms with Crippen molar-refractivity contribution < 1.29 is 56.6 Å². The fraction of sp³-hybridized carbons (Fsp3) is 0.684. The Morgan fingerprint density at radius 3 is 1.76 bits per heavy atom. The SMILES string of the molecule is CS(=O)(=O)O.CS(=O)(=O)OCCN(CCOS(C)(=O)=O)c1ccc([N+](=O)[O-])cc1S(=O)(=O)N1CCN(CCO)CC1. The Balaban J connectivity index is 0.00000154. The number of anilines is 1. The summed E-state index contributed by atoms with van der Waals surface area (Å²) in [6, 6.07) is 3.20. The van der Waals surface area contributed by atoms with Crippen LogP contribution in [0.25, 0.3) is 0 Å². The van der Waals surface area contributed by atoms with Crippen molar-refractivity contribution in [3.05, 3.63) is 28.3 Å². The molecular weight excluding hydrogens is 636 g/mol. The molecule has 0 spiro atoms. The first-order valence-corrected chi connectivity index (χ1v) is 18.5. The molecule has 1 aromatic rings. The molecule has 1 aliphatic rings. The maximum absolute atomic E-state index is 13.6. The van der Waals surface area contributed by atoms with E-state index in [2.05, 4.69) is 0 Å². The second kappa shape index (κ2) is 15.5. The normalized spacial score (nSPS) is 15.6. The molecule has 0 bridgehead atoms. The molecule has 0 saturated carbocycles. The summed E-state index contributed by atoms with van der Waals surface area (Å²) in [7, 11) is -15.6. The van der Waals surface area contributed by atoms with Crippen LogP contribution in [0.5, 0.6) is 0 Å². The van der Waals surface area contributed by atoms with Crippen LogP contribution in [0, 0.1) is 10.1 Å². The zero-order valence-electron chi connectivity index (χ0n) is 22.5. The minimum Gasteiger partial charge on any atom is -0.395 e. The number of hydrogen-bond acceptors (Lipinski definition) is 15. The van der Waals surface area contributed by atoms with Crippen molar-refractivity contribution in [1.82, 2.24) is 9.21 Å². The van der Waals surface area contributed by atoms with E-state index in [1.807, 2.05) is 4.90 Å². The minimum absolute atomic E-state index is 0.00686. The molecule has 2 N–H and O–H groups in total. The molecule has 0 radical (unpaired) electrons. The molecule has 18 nitrogen and oxygen atoms in total. The number of aliphatic hydroxyl groups excluding tert-OH is 1. The zero-order valence-corrected chi connectivity index (χ0v) is 25.8. The quantitative estimate of drug-likeness (QED) is 0.0954. The summed E-state index contributed by atoms with van der Waals surface area (Å²) in [5.41, 5.74) is -0.483. The van der Waals surface area contributed by atoms with Gasteiger partial charge in [0.2, 0.25) is 10.0 Å². The Hall–Kier alpha value is -2.02. The fourth-order valence-corrected chi connectivity index (χ4v) is 5.92. The maximum Gasteiger partial charge on any atom is 0.270 e. The van der Waals surface area contributed by atoms with E-state index in [-0.39, 0.29) is 38.5 Å². The predicted molar refractivity (Wildman–Crippen MR) is 147 cm³/mol. The summed E-state index contributed by atoms with van der Waals surface area (Å²) in [6.45, 7) is -0.0160. The van der Waals surface area contributed by atoms with E-state index in [0.29, 0.717) is 25.9 Å². The molecular formula is C19H34N4O14S4. The molecule has 0 atom stereocenters. The van der Waals surface area contributed by atoms with Gasteiger partial charge in [0.15, 0.2) is 0 Å². The van der Waals surface area contributed by atoms with Gasteiger partial charge in [0, 0.05) is 57.9 Å². The molecule has 2 rings (SSSR count). The topological polar surface area (TPSA) is 248 Å². The fourth-order valence-electron chi connectivity index (χ4n) is 3.51. The van der Waals surface area contributed by atoms with Gasteiger partial charge in [0.25, 0.3) is 36.0 Å². The average Bonchev–Trinajstić information content (AvgIpc) is 2.81. The third kappa shape index (κ3) is 14.6. The first-order chi connectivity index (χ1) is 18.6.